The van der Waals surface area contributed by atoms with E-state index in [4.69, 9.17) is 25.8 Å². The maximum Gasteiger partial charge on any atom is 0.311 e. The monoisotopic (exact) mass is 534 g/mol. The molecule has 11 heteroatoms. The molecule has 1 aromatic heterocycles. The molecular weight excluding hydrogens is 515 g/mol. The van der Waals surface area contributed by atoms with Crippen LogP contribution in [0, 0.1) is 27.3 Å². The summed E-state index contributed by atoms with van der Waals surface area (Å²) in [5, 5.41) is 25.4. The minimum Gasteiger partial charge on any atom is -0.486 e. The lowest BCUT2D eigenvalue weighted by Crippen LogP contribution is -2.16. The summed E-state index contributed by atoms with van der Waals surface area (Å²) < 4.78 is 31.6. The van der Waals surface area contributed by atoms with Gasteiger partial charge in [0.25, 0.3) is 0 Å². The molecule has 1 atom stereocenters. The predicted molar refractivity (Wildman–Crippen MR) is 138 cm³/mol. The summed E-state index contributed by atoms with van der Waals surface area (Å²) in [7, 11) is 0. The van der Waals surface area contributed by atoms with Crippen LogP contribution in [0.15, 0.2) is 60.8 Å². The summed E-state index contributed by atoms with van der Waals surface area (Å²) in [5.74, 6) is -0.519. The van der Waals surface area contributed by atoms with Crippen LogP contribution >= 0.6 is 11.6 Å². The molecule has 2 heterocycles. The number of anilines is 2. The highest BCUT2D eigenvalue weighted by molar-refractivity contribution is 6.30. The third kappa shape index (κ3) is 5.44. The first kappa shape index (κ1) is 25.2. The standard InChI is InChI=1S/C27H20ClFN4O5/c28-18-3-1-16(2-4-18)14-37-25-6-5-19(9-22(25)29)32-27-17(12-30)13-31-23-11-26(38-20-7-8-36-15-20)24(33(34)35)10-21(23)27/h1-6,9-11,13,20H,7-8,14-15H2,(H,31,32). The second kappa shape index (κ2) is 10.9. The average molecular weight is 535 g/mol. The molecule has 0 aliphatic carbocycles. The van der Waals surface area contributed by atoms with Crippen LogP contribution in [0.25, 0.3) is 10.9 Å². The largest absolute Gasteiger partial charge is 0.486 e. The number of nitro benzene ring substituents is 1. The van der Waals surface area contributed by atoms with Gasteiger partial charge < -0.3 is 19.5 Å². The van der Waals surface area contributed by atoms with Gasteiger partial charge in [0, 0.05) is 46.9 Å². The molecule has 1 fully saturated rings. The molecule has 0 spiro atoms. The number of pyridine rings is 1. The Kier molecular flexibility index (Phi) is 7.22. The molecule has 192 valence electrons. The number of benzene rings is 3. The van der Waals surface area contributed by atoms with Crippen molar-refractivity contribution >= 4 is 39.6 Å². The Balaban J connectivity index is 1.44. The summed E-state index contributed by atoms with van der Waals surface area (Å²) in [5.41, 5.74) is 1.62. The van der Waals surface area contributed by atoms with Crippen LogP contribution in [-0.4, -0.2) is 29.2 Å². The van der Waals surface area contributed by atoms with Gasteiger partial charge in [0.2, 0.25) is 0 Å². The highest BCUT2D eigenvalue weighted by Gasteiger charge is 2.25. The van der Waals surface area contributed by atoms with E-state index in [2.05, 4.69) is 10.3 Å². The Hall–Kier alpha value is -4.46. The third-order valence-corrected chi connectivity index (χ3v) is 6.21. The van der Waals surface area contributed by atoms with Gasteiger partial charge in [-0.15, -0.1) is 0 Å². The number of nitriles is 1. The lowest BCUT2D eigenvalue weighted by atomic mass is 10.1. The van der Waals surface area contributed by atoms with Crippen LogP contribution in [0.3, 0.4) is 0 Å². The molecular formula is C27H20ClFN4O5. The molecule has 0 amide bonds. The Morgan fingerprint density at radius 1 is 1.21 bits per heavy atom. The van der Waals surface area contributed by atoms with E-state index in [-0.39, 0.29) is 41.1 Å². The Morgan fingerprint density at radius 2 is 2.03 bits per heavy atom. The van der Waals surface area contributed by atoms with Crippen LogP contribution in [0.4, 0.5) is 21.5 Å². The second-order valence-electron chi connectivity index (χ2n) is 8.54. The van der Waals surface area contributed by atoms with E-state index in [9.17, 15) is 19.8 Å². The zero-order valence-corrected chi connectivity index (χ0v) is 20.6. The van der Waals surface area contributed by atoms with Crippen molar-refractivity contribution in [1.82, 2.24) is 4.98 Å². The van der Waals surface area contributed by atoms with Crippen molar-refractivity contribution in [1.29, 1.82) is 5.26 Å². The first-order chi connectivity index (χ1) is 18.4. The van der Waals surface area contributed by atoms with Crippen molar-refractivity contribution in [2.75, 3.05) is 18.5 Å². The van der Waals surface area contributed by atoms with Crippen molar-refractivity contribution in [2.24, 2.45) is 0 Å². The SMILES string of the molecule is N#Cc1cnc2cc(OC3CCOC3)c([N+](=O)[O-])cc2c1Nc1ccc(OCc2ccc(Cl)cc2)c(F)c1. The summed E-state index contributed by atoms with van der Waals surface area (Å²) in [4.78, 5) is 15.6. The topological polar surface area (TPSA) is 120 Å². The number of ether oxygens (including phenoxy) is 3. The van der Waals surface area contributed by atoms with Gasteiger partial charge in [0.1, 0.15) is 18.8 Å². The van der Waals surface area contributed by atoms with E-state index >= 15 is 0 Å². The normalized spacial score (nSPS) is 14.7. The fourth-order valence-corrected chi connectivity index (χ4v) is 4.16. The van der Waals surface area contributed by atoms with E-state index in [1.807, 2.05) is 6.07 Å². The van der Waals surface area contributed by atoms with Gasteiger partial charge in [-0.3, -0.25) is 15.1 Å². The Labute approximate surface area is 221 Å². The Morgan fingerprint density at radius 3 is 2.71 bits per heavy atom. The molecule has 3 aromatic carbocycles. The number of rotatable bonds is 8. The van der Waals surface area contributed by atoms with Crippen LogP contribution in [0.1, 0.15) is 17.5 Å². The van der Waals surface area contributed by atoms with Gasteiger partial charge in [0.15, 0.2) is 17.3 Å². The van der Waals surface area contributed by atoms with Crippen molar-refractivity contribution < 1.29 is 23.5 Å². The van der Waals surface area contributed by atoms with Crippen LogP contribution in [0.2, 0.25) is 5.02 Å². The predicted octanol–water partition coefficient (Wildman–Crippen LogP) is 6.30. The summed E-state index contributed by atoms with van der Waals surface area (Å²) >= 11 is 5.89. The van der Waals surface area contributed by atoms with Crippen molar-refractivity contribution in [3.8, 4) is 17.6 Å². The average Bonchev–Trinajstić information content (AvgIpc) is 3.42. The molecule has 5 rings (SSSR count). The fourth-order valence-electron chi connectivity index (χ4n) is 4.03. The Bertz CT molecular complexity index is 1550. The van der Waals surface area contributed by atoms with Gasteiger partial charge in [-0.1, -0.05) is 23.7 Å². The third-order valence-electron chi connectivity index (χ3n) is 5.96. The highest BCUT2D eigenvalue weighted by atomic mass is 35.5. The zero-order chi connectivity index (χ0) is 26.6. The minimum atomic E-state index is -0.624. The lowest BCUT2D eigenvalue weighted by molar-refractivity contribution is -0.385. The fraction of sp³-hybridized carbons (Fsp3) is 0.185. The van der Waals surface area contributed by atoms with E-state index in [0.717, 1.165) is 5.56 Å². The van der Waals surface area contributed by atoms with Crippen molar-refractivity contribution in [2.45, 2.75) is 19.1 Å². The van der Waals surface area contributed by atoms with Crippen molar-refractivity contribution in [3.05, 3.63) is 92.9 Å². The number of aromatic nitrogens is 1. The smallest absolute Gasteiger partial charge is 0.311 e. The molecule has 0 saturated carbocycles. The quantitative estimate of drug-likeness (QED) is 0.207. The molecule has 0 radical (unpaired) electrons. The van der Waals surface area contributed by atoms with E-state index in [1.165, 1.54) is 30.5 Å². The van der Waals surface area contributed by atoms with Gasteiger partial charge in [-0.25, -0.2) is 4.39 Å². The summed E-state index contributed by atoms with van der Waals surface area (Å²) in [6.07, 6.45) is 1.66. The van der Waals surface area contributed by atoms with E-state index in [1.54, 1.807) is 30.3 Å². The number of hydrogen-bond donors (Lipinski definition) is 1. The molecule has 1 saturated heterocycles. The lowest BCUT2D eigenvalue weighted by Gasteiger charge is -2.15. The highest BCUT2D eigenvalue weighted by Crippen LogP contribution is 2.38. The van der Waals surface area contributed by atoms with Crippen LogP contribution < -0.4 is 14.8 Å². The number of nitrogens with one attached hydrogen (secondary N) is 1. The van der Waals surface area contributed by atoms with Gasteiger partial charge >= 0.3 is 5.69 Å². The van der Waals surface area contributed by atoms with Gasteiger partial charge in [-0.2, -0.15) is 5.26 Å². The first-order valence-corrected chi connectivity index (χ1v) is 12.0. The minimum absolute atomic E-state index is 0.0407. The van der Waals surface area contributed by atoms with Gasteiger partial charge in [0.05, 0.1) is 34.9 Å². The molecule has 1 aliphatic rings. The number of hydrogen-bond acceptors (Lipinski definition) is 8. The maximum atomic E-state index is 14.9. The number of halogens is 2. The van der Waals surface area contributed by atoms with Crippen LogP contribution in [-0.2, 0) is 11.3 Å². The molecule has 4 aromatic rings. The molecule has 1 N–H and O–H groups in total. The molecule has 1 aliphatic heterocycles. The molecule has 0 bridgehead atoms. The summed E-state index contributed by atoms with van der Waals surface area (Å²) in [6.45, 7) is 1.01. The van der Waals surface area contributed by atoms with Gasteiger partial charge in [-0.05, 0) is 29.8 Å². The number of nitrogens with zero attached hydrogens (tertiary/aromatic N) is 3. The first-order valence-electron chi connectivity index (χ1n) is 11.6. The molecule has 9 nitrogen and oxygen atoms in total. The molecule has 1 unspecified atom stereocenters. The zero-order valence-electron chi connectivity index (χ0n) is 19.8. The van der Waals surface area contributed by atoms with Crippen LogP contribution in [0.5, 0.6) is 11.5 Å². The second-order valence-corrected chi connectivity index (χ2v) is 8.98. The van der Waals surface area contributed by atoms with Crippen molar-refractivity contribution in [3.63, 3.8) is 0 Å². The number of fused-ring (bicyclic) bond motifs is 1. The summed E-state index contributed by atoms with van der Waals surface area (Å²) in [6, 6.07) is 16.1. The maximum absolute atomic E-state index is 14.9. The molecule has 38 heavy (non-hydrogen) atoms. The van der Waals surface area contributed by atoms with E-state index in [0.29, 0.717) is 41.2 Å². The van der Waals surface area contributed by atoms with E-state index < -0.39 is 10.7 Å². The number of nitro groups is 1.